The zero-order chi connectivity index (χ0) is 12.4. The summed E-state index contributed by atoms with van der Waals surface area (Å²) in [7, 11) is 2.06. The average Bonchev–Trinajstić information content (AvgIpc) is 2.47. The van der Waals surface area contributed by atoms with Crippen molar-refractivity contribution in [2.45, 2.75) is 24.8 Å². The van der Waals surface area contributed by atoms with Crippen LogP contribution in [0.3, 0.4) is 0 Å². The molecule has 1 heterocycles. The lowest BCUT2D eigenvalue weighted by atomic mass is 9.76. The van der Waals surface area contributed by atoms with Crippen LogP contribution in [0.5, 0.6) is 0 Å². The van der Waals surface area contributed by atoms with Gasteiger partial charge in [0.25, 0.3) is 0 Å². The molecular weight excluding hydrogens is 220 g/mol. The maximum Gasteiger partial charge on any atom is 0.0306 e. The zero-order valence-corrected chi connectivity index (χ0v) is 10.6. The SMILES string of the molecule is CNC1CCc2ccccc2C1c1cccnc1. The van der Waals surface area contributed by atoms with Crippen LogP contribution >= 0.6 is 0 Å². The Labute approximate surface area is 108 Å². The van der Waals surface area contributed by atoms with Crippen LogP contribution < -0.4 is 5.32 Å². The van der Waals surface area contributed by atoms with Gasteiger partial charge in [0.05, 0.1) is 0 Å². The lowest BCUT2D eigenvalue weighted by Crippen LogP contribution is -2.36. The van der Waals surface area contributed by atoms with Gasteiger partial charge in [-0.15, -0.1) is 0 Å². The van der Waals surface area contributed by atoms with E-state index in [-0.39, 0.29) is 0 Å². The number of likely N-dealkylation sites (N-methyl/N-ethyl adjacent to an activating group) is 1. The van der Waals surface area contributed by atoms with E-state index in [1.807, 2.05) is 18.5 Å². The summed E-state index contributed by atoms with van der Waals surface area (Å²) in [4.78, 5) is 4.27. The van der Waals surface area contributed by atoms with Gasteiger partial charge in [-0.25, -0.2) is 0 Å². The number of rotatable bonds is 2. The predicted molar refractivity (Wildman–Crippen MR) is 73.7 cm³/mol. The van der Waals surface area contributed by atoms with Crippen LogP contribution in [0.1, 0.15) is 29.0 Å². The third-order valence-electron chi connectivity index (χ3n) is 3.93. The average molecular weight is 238 g/mol. The van der Waals surface area contributed by atoms with Crippen molar-refractivity contribution in [3.05, 3.63) is 65.5 Å². The zero-order valence-electron chi connectivity index (χ0n) is 10.6. The Hall–Kier alpha value is -1.67. The Kier molecular flexibility index (Phi) is 3.11. The van der Waals surface area contributed by atoms with Crippen molar-refractivity contribution in [3.63, 3.8) is 0 Å². The van der Waals surface area contributed by atoms with E-state index in [0.29, 0.717) is 12.0 Å². The van der Waals surface area contributed by atoms with Crippen molar-refractivity contribution < 1.29 is 0 Å². The van der Waals surface area contributed by atoms with Crippen molar-refractivity contribution in [1.29, 1.82) is 0 Å². The number of fused-ring (bicyclic) bond motifs is 1. The van der Waals surface area contributed by atoms with Crippen LogP contribution in [0.25, 0.3) is 0 Å². The van der Waals surface area contributed by atoms with Crippen molar-refractivity contribution in [1.82, 2.24) is 10.3 Å². The first-order chi connectivity index (χ1) is 8.90. The molecule has 2 aromatic rings. The van der Waals surface area contributed by atoms with Crippen LogP contribution in [0.2, 0.25) is 0 Å². The standard InChI is InChI=1S/C16H18N2/c1-17-15-9-8-12-5-2-3-7-14(12)16(15)13-6-4-10-18-11-13/h2-7,10-11,15-17H,8-9H2,1H3. The highest BCUT2D eigenvalue weighted by atomic mass is 14.9. The molecular formula is C16H18N2. The summed E-state index contributed by atoms with van der Waals surface area (Å²) in [6, 6.07) is 13.5. The number of hydrogen-bond donors (Lipinski definition) is 1. The van der Waals surface area contributed by atoms with E-state index in [2.05, 4.69) is 47.7 Å². The van der Waals surface area contributed by atoms with E-state index in [0.717, 1.165) is 0 Å². The summed E-state index contributed by atoms with van der Waals surface area (Å²) in [6.45, 7) is 0. The first kappa shape index (κ1) is 11.4. The summed E-state index contributed by atoms with van der Waals surface area (Å²) in [5.74, 6) is 0.425. The second-order valence-electron chi connectivity index (χ2n) is 4.90. The smallest absolute Gasteiger partial charge is 0.0306 e. The van der Waals surface area contributed by atoms with E-state index in [1.165, 1.54) is 29.5 Å². The number of aromatic nitrogens is 1. The number of aryl methyl sites for hydroxylation is 1. The van der Waals surface area contributed by atoms with Crippen LogP contribution in [0.15, 0.2) is 48.8 Å². The first-order valence-electron chi connectivity index (χ1n) is 6.55. The van der Waals surface area contributed by atoms with E-state index < -0.39 is 0 Å². The van der Waals surface area contributed by atoms with E-state index in [1.54, 1.807) is 0 Å². The van der Waals surface area contributed by atoms with Gasteiger partial charge in [-0.3, -0.25) is 4.98 Å². The third-order valence-corrected chi connectivity index (χ3v) is 3.93. The number of nitrogens with zero attached hydrogens (tertiary/aromatic N) is 1. The quantitative estimate of drug-likeness (QED) is 0.870. The molecule has 2 nitrogen and oxygen atoms in total. The minimum absolute atomic E-state index is 0.425. The summed E-state index contributed by atoms with van der Waals surface area (Å²) in [5.41, 5.74) is 4.25. The highest BCUT2D eigenvalue weighted by Gasteiger charge is 2.29. The van der Waals surface area contributed by atoms with Gasteiger partial charge in [0.2, 0.25) is 0 Å². The summed E-state index contributed by atoms with van der Waals surface area (Å²) < 4.78 is 0. The number of pyridine rings is 1. The van der Waals surface area contributed by atoms with E-state index in [9.17, 15) is 0 Å². The fourth-order valence-electron chi connectivity index (χ4n) is 3.04. The number of hydrogen-bond acceptors (Lipinski definition) is 2. The number of benzene rings is 1. The molecule has 0 bridgehead atoms. The van der Waals surface area contributed by atoms with Crippen molar-refractivity contribution in [2.24, 2.45) is 0 Å². The van der Waals surface area contributed by atoms with Gasteiger partial charge in [0.1, 0.15) is 0 Å². The fraction of sp³-hybridized carbons (Fsp3) is 0.312. The molecule has 1 aromatic heterocycles. The Morgan fingerprint density at radius 2 is 2.06 bits per heavy atom. The molecule has 0 saturated heterocycles. The molecule has 0 amide bonds. The van der Waals surface area contributed by atoms with Gasteiger partial charge >= 0.3 is 0 Å². The first-order valence-corrected chi connectivity index (χ1v) is 6.55. The van der Waals surface area contributed by atoms with Gasteiger partial charge < -0.3 is 5.32 Å². The topological polar surface area (TPSA) is 24.9 Å². The van der Waals surface area contributed by atoms with Gasteiger partial charge in [-0.05, 0) is 42.6 Å². The normalized spacial score (nSPS) is 22.5. The molecule has 1 aliphatic rings. The summed E-state index contributed by atoms with van der Waals surface area (Å²) in [6.07, 6.45) is 6.19. The predicted octanol–water partition coefficient (Wildman–Crippen LogP) is 2.75. The Morgan fingerprint density at radius 1 is 1.17 bits per heavy atom. The molecule has 0 radical (unpaired) electrons. The second kappa shape index (κ2) is 4.91. The van der Waals surface area contributed by atoms with E-state index in [4.69, 9.17) is 0 Å². The Morgan fingerprint density at radius 3 is 2.83 bits per heavy atom. The minimum Gasteiger partial charge on any atom is -0.316 e. The molecule has 1 N–H and O–H groups in total. The van der Waals surface area contributed by atoms with Crippen LogP contribution in [0, 0.1) is 0 Å². The highest BCUT2D eigenvalue weighted by molar-refractivity contribution is 5.41. The van der Waals surface area contributed by atoms with Crippen LogP contribution in [-0.4, -0.2) is 18.1 Å². The van der Waals surface area contributed by atoms with Gasteiger partial charge in [-0.1, -0.05) is 30.3 Å². The largest absolute Gasteiger partial charge is 0.316 e. The lowest BCUT2D eigenvalue weighted by Gasteiger charge is -2.33. The Bertz CT molecular complexity index is 522. The molecule has 2 atom stereocenters. The fourth-order valence-corrected chi connectivity index (χ4v) is 3.04. The molecule has 1 aromatic carbocycles. The summed E-state index contributed by atoms with van der Waals surface area (Å²) in [5, 5.41) is 3.47. The molecule has 18 heavy (non-hydrogen) atoms. The maximum absolute atomic E-state index is 4.27. The highest BCUT2D eigenvalue weighted by Crippen LogP contribution is 2.36. The number of nitrogens with one attached hydrogen (secondary N) is 1. The molecule has 0 saturated carbocycles. The van der Waals surface area contributed by atoms with Crippen molar-refractivity contribution in [2.75, 3.05) is 7.05 Å². The molecule has 2 unspecified atom stereocenters. The molecule has 0 aliphatic heterocycles. The molecule has 92 valence electrons. The lowest BCUT2D eigenvalue weighted by molar-refractivity contribution is 0.449. The van der Waals surface area contributed by atoms with Gasteiger partial charge in [-0.2, -0.15) is 0 Å². The monoisotopic (exact) mass is 238 g/mol. The van der Waals surface area contributed by atoms with Crippen molar-refractivity contribution in [3.8, 4) is 0 Å². The maximum atomic E-state index is 4.27. The van der Waals surface area contributed by atoms with Crippen LogP contribution in [0.4, 0.5) is 0 Å². The molecule has 0 fully saturated rings. The molecule has 2 heteroatoms. The van der Waals surface area contributed by atoms with E-state index >= 15 is 0 Å². The van der Waals surface area contributed by atoms with Crippen LogP contribution in [-0.2, 0) is 6.42 Å². The molecule has 0 spiro atoms. The van der Waals surface area contributed by atoms with Crippen molar-refractivity contribution >= 4 is 0 Å². The third kappa shape index (κ3) is 1.93. The second-order valence-corrected chi connectivity index (χ2v) is 4.90. The molecule has 3 rings (SSSR count). The van der Waals surface area contributed by atoms with Gasteiger partial charge in [0.15, 0.2) is 0 Å². The van der Waals surface area contributed by atoms with Gasteiger partial charge in [0, 0.05) is 24.4 Å². The summed E-state index contributed by atoms with van der Waals surface area (Å²) >= 11 is 0. The minimum atomic E-state index is 0.425. The Balaban J connectivity index is 2.09. The molecule has 1 aliphatic carbocycles.